The standard InChI is InChI=1S/C18H22N4O3/c19-8-5-14-6-9-21(10-7-14)15-1-3-16(4-2-15)22-12-17(11-20-13-23)25-18(22)24/h1-4,13-14,17H,5-7,9-12H2,(H,20,23). The molecule has 2 fully saturated rings. The highest BCUT2D eigenvalue weighted by Gasteiger charge is 2.32. The molecule has 1 aromatic rings. The summed E-state index contributed by atoms with van der Waals surface area (Å²) in [5.41, 5.74) is 1.92. The summed E-state index contributed by atoms with van der Waals surface area (Å²) >= 11 is 0. The molecule has 7 heteroatoms. The zero-order chi connectivity index (χ0) is 17.6. The first kappa shape index (κ1) is 17.1. The lowest BCUT2D eigenvalue weighted by molar-refractivity contribution is -0.109. The summed E-state index contributed by atoms with van der Waals surface area (Å²) < 4.78 is 5.24. The number of piperidine rings is 1. The van der Waals surface area contributed by atoms with Crippen molar-refractivity contribution in [1.29, 1.82) is 5.26 Å². The number of carbonyl (C=O) groups excluding carboxylic acids is 2. The Labute approximate surface area is 147 Å². The topological polar surface area (TPSA) is 85.7 Å². The van der Waals surface area contributed by atoms with Gasteiger partial charge < -0.3 is 15.0 Å². The number of carbonyl (C=O) groups is 2. The molecule has 2 amide bonds. The van der Waals surface area contributed by atoms with Crippen LogP contribution in [0.15, 0.2) is 24.3 Å². The zero-order valence-electron chi connectivity index (χ0n) is 14.1. The number of amides is 2. The molecule has 0 aromatic heterocycles. The van der Waals surface area contributed by atoms with Gasteiger partial charge in [0.25, 0.3) is 0 Å². The number of hydrogen-bond acceptors (Lipinski definition) is 5. The molecule has 7 nitrogen and oxygen atoms in total. The number of benzene rings is 1. The Hall–Kier alpha value is -2.75. The van der Waals surface area contributed by atoms with Crippen LogP contribution in [0.4, 0.5) is 16.2 Å². The first-order valence-corrected chi connectivity index (χ1v) is 8.58. The summed E-state index contributed by atoms with van der Waals surface area (Å²) in [6.07, 6.45) is 2.62. The maximum atomic E-state index is 12.0. The lowest BCUT2D eigenvalue weighted by atomic mass is 9.94. The van der Waals surface area contributed by atoms with Crippen LogP contribution in [0.5, 0.6) is 0 Å². The van der Waals surface area contributed by atoms with E-state index in [0.29, 0.717) is 31.8 Å². The van der Waals surface area contributed by atoms with Crippen molar-refractivity contribution in [3.63, 3.8) is 0 Å². The molecule has 3 rings (SSSR count). The highest BCUT2D eigenvalue weighted by molar-refractivity contribution is 5.90. The maximum Gasteiger partial charge on any atom is 0.414 e. The summed E-state index contributed by atoms with van der Waals surface area (Å²) in [5.74, 6) is 0.511. The van der Waals surface area contributed by atoms with E-state index in [-0.39, 0.29) is 12.2 Å². The third-order valence-electron chi connectivity index (χ3n) is 4.82. The van der Waals surface area contributed by atoms with Gasteiger partial charge in [-0.25, -0.2) is 4.79 Å². The normalized spacial score (nSPS) is 20.9. The van der Waals surface area contributed by atoms with Crippen LogP contribution >= 0.6 is 0 Å². The number of ether oxygens (including phenoxy) is 1. The maximum absolute atomic E-state index is 12.0. The van der Waals surface area contributed by atoms with Crippen molar-refractivity contribution >= 4 is 23.9 Å². The molecule has 0 spiro atoms. The van der Waals surface area contributed by atoms with Gasteiger partial charge in [-0.15, -0.1) is 0 Å². The molecule has 1 atom stereocenters. The lowest BCUT2D eigenvalue weighted by Gasteiger charge is -2.33. The van der Waals surface area contributed by atoms with Crippen LogP contribution < -0.4 is 15.1 Å². The van der Waals surface area contributed by atoms with Gasteiger partial charge in [-0.1, -0.05) is 0 Å². The minimum Gasteiger partial charge on any atom is -0.442 e. The highest BCUT2D eigenvalue weighted by Crippen LogP contribution is 2.28. The van der Waals surface area contributed by atoms with Crippen molar-refractivity contribution < 1.29 is 14.3 Å². The van der Waals surface area contributed by atoms with E-state index in [1.807, 2.05) is 24.3 Å². The largest absolute Gasteiger partial charge is 0.442 e. The van der Waals surface area contributed by atoms with E-state index >= 15 is 0 Å². The molecular weight excluding hydrogens is 320 g/mol. The molecule has 0 radical (unpaired) electrons. The van der Waals surface area contributed by atoms with Gasteiger partial charge in [0.15, 0.2) is 0 Å². The van der Waals surface area contributed by atoms with E-state index in [9.17, 15) is 9.59 Å². The van der Waals surface area contributed by atoms with Crippen LogP contribution in [0, 0.1) is 17.2 Å². The Bertz CT molecular complexity index is 647. The number of nitrogens with one attached hydrogen (secondary N) is 1. The summed E-state index contributed by atoms with van der Waals surface area (Å²) in [5, 5.41) is 11.3. The van der Waals surface area contributed by atoms with Gasteiger partial charge in [0, 0.05) is 30.9 Å². The molecule has 0 bridgehead atoms. The van der Waals surface area contributed by atoms with E-state index in [1.54, 1.807) is 4.90 Å². The minimum absolute atomic E-state index is 0.321. The van der Waals surface area contributed by atoms with Crippen molar-refractivity contribution in [3.8, 4) is 6.07 Å². The van der Waals surface area contributed by atoms with Crippen molar-refractivity contribution in [3.05, 3.63) is 24.3 Å². The molecule has 2 saturated heterocycles. The van der Waals surface area contributed by atoms with Crippen LogP contribution in [0.1, 0.15) is 19.3 Å². The number of hydrogen-bond donors (Lipinski definition) is 1. The molecule has 0 aliphatic carbocycles. The molecule has 2 heterocycles. The number of nitriles is 1. The quantitative estimate of drug-likeness (QED) is 0.798. The van der Waals surface area contributed by atoms with Gasteiger partial charge in [-0.3, -0.25) is 9.69 Å². The number of cyclic esters (lactones) is 1. The fraction of sp³-hybridized carbons (Fsp3) is 0.500. The van der Waals surface area contributed by atoms with Gasteiger partial charge in [0.1, 0.15) is 6.10 Å². The minimum atomic E-state index is -0.386. The third-order valence-corrected chi connectivity index (χ3v) is 4.82. The van der Waals surface area contributed by atoms with Gasteiger partial charge >= 0.3 is 6.09 Å². The van der Waals surface area contributed by atoms with E-state index in [2.05, 4.69) is 16.3 Å². The van der Waals surface area contributed by atoms with E-state index in [0.717, 1.165) is 37.3 Å². The summed E-state index contributed by atoms with van der Waals surface area (Å²) in [4.78, 5) is 26.2. The Morgan fingerprint density at radius 3 is 2.56 bits per heavy atom. The molecule has 1 aromatic carbocycles. The molecular formula is C18H22N4O3. The Kier molecular flexibility index (Phi) is 5.39. The highest BCUT2D eigenvalue weighted by atomic mass is 16.6. The lowest BCUT2D eigenvalue weighted by Crippen LogP contribution is -2.33. The van der Waals surface area contributed by atoms with E-state index in [4.69, 9.17) is 10.00 Å². The predicted molar refractivity (Wildman–Crippen MR) is 93.3 cm³/mol. The fourth-order valence-electron chi connectivity index (χ4n) is 3.39. The van der Waals surface area contributed by atoms with Crippen LogP contribution in [-0.4, -0.2) is 44.8 Å². The zero-order valence-corrected chi connectivity index (χ0v) is 14.1. The second-order valence-corrected chi connectivity index (χ2v) is 6.45. The Balaban J connectivity index is 1.58. The van der Waals surface area contributed by atoms with Crippen LogP contribution in [0.3, 0.4) is 0 Å². The van der Waals surface area contributed by atoms with Crippen LogP contribution in [0.25, 0.3) is 0 Å². The van der Waals surface area contributed by atoms with Crippen molar-refractivity contribution in [1.82, 2.24) is 5.32 Å². The number of anilines is 2. The second kappa shape index (κ2) is 7.88. The third kappa shape index (κ3) is 4.02. The first-order valence-electron chi connectivity index (χ1n) is 8.58. The van der Waals surface area contributed by atoms with Gasteiger partial charge in [-0.2, -0.15) is 5.26 Å². The predicted octanol–water partition coefficient (Wildman–Crippen LogP) is 1.89. The summed E-state index contributed by atoms with van der Waals surface area (Å²) in [7, 11) is 0. The molecule has 2 aliphatic heterocycles. The molecule has 1 unspecified atom stereocenters. The van der Waals surface area contributed by atoms with Crippen molar-refractivity contribution in [2.75, 3.05) is 36.0 Å². The number of nitrogens with zero attached hydrogens (tertiary/aromatic N) is 3. The Morgan fingerprint density at radius 1 is 1.24 bits per heavy atom. The smallest absolute Gasteiger partial charge is 0.414 e. The molecule has 132 valence electrons. The molecule has 0 saturated carbocycles. The molecule has 25 heavy (non-hydrogen) atoms. The monoisotopic (exact) mass is 342 g/mol. The van der Waals surface area contributed by atoms with Crippen LogP contribution in [-0.2, 0) is 9.53 Å². The molecule has 2 aliphatic rings. The van der Waals surface area contributed by atoms with Crippen LogP contribution in [0.2, 0.25) is 0 Å². The second-order valence-electron chi connectivity index (χ2n) is 6.45. The van der Waals surface area contributed by atoms with Gasteiger partial charge in [0.2, 0.25) is 6.41 Å². The SMILES string of the molecule is N#CCC1CCN(c2ccc(N3CC(CNC=O)OC3=O)cc2)CC1. The van der Waals surface area contributed by atoms with E-state index < -0.39 is 0 Å². The van der Waals surface area contributed by atoms with Crippen molar-refractivity contribution in [2.24, 2.45) is 5.92 Å². The average molecular weight is 342 g/mol. The summed E-state index contributed by atoms with van der Waals surface area (Å²) in [6, 6.07) is 10.1. The molecule has 1 N–H and O–H groups in total. The average Bonchev–Trinajstić information content (AvgIpc) is 3.02. The van der Waals surface area contributed by atoms with Gasteiger partial charge in [-0.05, 0) is 43.0 Å². The number of rotatable bonds is 6. The van der Waals surface area contributed by atoms with E-state index in [1.165, 1.54) is 0 Å². The first-order chi connectivity index (χ1) is 12.2. The Morgan fingerprint density at radius 2 is 1.92 bits per heavy atom. The van der Waals surface area contributed by atoms with Gasteiger partial charge in [0.05, 0.1) is 19.2 Å². The summed E-state index contributed by atoms with van der Waals surface area (Å²) in [6.45, 7) is 2.66. The van der Waals surface area contributed by atoms with Crippen molar-refractivity contribution in [2.45, 2.75) is 25.4 Å². The fourth-order valence-corrected chi connectivity index (χ4v) is 3.39.